The smallest absolute Gasteiger partial charge is 0.0897 e. The third kappa shape index (κ3) is 11.8. The fourth-order valence-electron chi connectivity index (χ4n) is 1.07. The first-order valence-corrected chi connectivity index (χ1v) is 5.64. The van der Waals surface area contributed by atoms with Crippen LogP contribution in [-0.2, 0) is 4.74 Å². The molecule has 92 valence electrons. The molecule has 15 heavy (non-hydrogen) atoms. The second kappa shape index (κ2) is 8.05. The van der Waals surface area contributed by atoms with Crippen molar-refractivity contribution >= 4 is 0 Å². The van der Waals surface area contributed by atoms with Gasteiger partial charge in [-0.1, -0.05) is 13.3 Å². The highest BCUT2D eigenvalue weighted by atomic mass is 16.5. The quantitative estimate of drug-likeness (QED) is 0.495. The maximum Gasteiger partial charge on any atom is 0.0897 e. The summed E-state index contributed by atoms with van der Waals surface area (Å²) in [4.78, 5) is 0. The Labute approximate surface area is 92.6 Å². The summed E-state index contributed by atoms with van der Waals surface area (Å²) in [6.45, 7) is 7.55. The number of nitrogens with one attached hydrogen (secondary N) is 1. The van der Waals surface area contributed by atoms with Gasteiger partial charge in [0, 0.05) is 19.7 Å². The van der Waals surface area contributed by atoms with E-state index in [4.69, 9.17) is 4.74 Å². The zero-order valence-electron chi connectivity index (χ0n) is 10.1. The molecule has 0 aliphatic rings. The summed E-state index contributed by atoms with van der Waals surface area (Å²) >= 11 is 0. The van der Waals surface area contributed by atoms with Crippen LogP contribution in [0.4, 0.5) is 0 Å². The van der Waals surface area contributed by atoms with E-state index in [1.165, 1.54) is 0 Å². The van der Waals surface area contributed by atoms with Crippen LogP contribution in [0.1, 0.15) is 33.6 Å². The molecule has 0 bridgehead atoms. The minimum Gasteiger partial charge on any atom is -0.389 e. The van der Waals surface area contributed by atoms with E-state index in [9.17, 15) is 10.2 Å². The van der Waals surface area contributed by atoms with Crippen molar-refractivity contribution < 1.29 is 14.9 Å². The van der Waals surface area contributed by atoms with Crippen LogP contribution < -0.4 is 5.32 Å². The van der Waals surface area contributed by atoms with Crippen molar-refractivity contribution in [3.8, 4) is 0 Å². The van der Waals surface area contributed by atoms with Gasteiger partial charge >= 0.3 is 0 Å². The first kappa shape index (κ1) is 14.8. The molecule has 0 aromatic heterocycles. The van der Waals surface area contributed by atoms with E-state index < -0.39 is 11.7 Å². The molecule has 3 N–H and O–H groups in total. The van der Waals surface area contributed by atoms with Gasteiger partial charge in [0.05, 0.1) is 18.3 Å². The van der Waals surface area contributed by atoms with Crippen LogP contribution >= 0.6 is 0 Å². The highest BCUT2D eigenvalue weighted by molar-refractivity contribution is 4.69. The molecule has 0 spiro atoms. The summed E-state index contributed by atoms with van der Waals surface area (Å²) < 4.78 is 5.27. The number of unbranched alkanes of at least 4 members (excludes halogenated alkanes) is 1. The van der Waals surface area contributed by atoms with Crippen molar-refractivity contribution in [1.29, 1.82) is 0 Å². The van der Waals surface area contributed by atoms with Crippen molar-refractivity contribution in [2.75, 3.05) is 26.3 Å². The molecule has 0 amide bonds. The number of aliphatic hydroxyl groups is 2. The number of aliphatic hydroxyl groups excluding tert-OH is 1. The third-order valence-electron chi connectivity index (χ3n) is 1.89. The van der Waals surface area contributed by atoms with Crippen LogP contribution in [0.5, 0.6) is 0 Å². The molecule has 0 saturated carbocycles. The third-order valence-corrected chi connectivity index (χ3v) is 1.89. The lowest BCUT2D eigenvalue weighted by Crippen LogP contribution is -2.39. The zero-order chi connectivity index (χ0) is 11.7. The second-order valence-corrected chi connectivity index (χ2v) is 4.53. The second-order valence-electron chi connectivity index (χ2n) is 4.53. The molecular formula is C11H25NO3. The van der Waals surface area contributed by atoms with Gasteiger partial charge in [-0.05, 0) is 20.3 Å². The Bertz CT molecular complexity index is 145. The van der Waals surface area contributed by atoms with Gasteiger partial charge in [0.2, 0.25) is 0 Å². The van der Waals surface area contributed by atoms with Gasteiger partial charge < -0.3 is 20.3 Å². The van der Waals surface area contributed by atoms with Crippen molar-refractivity contribution in [1.82, 2.24) is 5.32 Å². The topological polar surface area (TPSA) is 61.7 Å². The highest BCUT2D eigenvalue weighted by Gasteiger charge is 2.12. The van der Waals surface area contributed by atoms with Crippen molar-refractivity contribution in [2.24, 2.45) is 0 Å². The van der Waals surface area contributed by atoms with E-state index in [1.807, 2.05) is 0 Å². The Balaban J connectivity index is 3.29. The van der Waals surface area contributed by atoms with Gasteiger partial charge in [-0.3, -0.25) is 0 Å². The van der Waals surface area contributed by atoms with Crippen LogP contribution in [0, 0.1) is 0 Å². The van der Waals surface area contributed by atoms with Gasteiger partial charge in [-0.2, -0.15) is 0 Å². The minimum absolute atomic E-state index is 0.360. The molecule has 0 fully saturated rings. The molecule has 0 aromatic carbocycles. The molecule has 0 aromatic rings. The van der Waals surface area contributed by atoms with E-state index in [2.05, 4.69) is 12.2 Å². The highest BCUT2D eigenvalue weighted by Crippen LogP contribution is 1.97. The Morgan fingerprint density at radius 1 is 1.40 bits per heavy atom. The Kier molecular flexibility index (Phi) is 7.96. The molecule has 0 aliphatic carbocycles. The molecule has 1 atom stereocenters. The Morgan fingerprint density at radius 3 is 2.60 bits per heavy atom. The summed E-state index contributed by atoms with van der Waals surface area (Å²) in [6, 6.07) is 0. The number of hydrogen-bond acceptors (Lipinski definition) is 4. The fourth-order valence-corrected chi connectivity index (χ4v) is 1.07. The van der Waals surface area contributed by atoms with Crippen LogP contribution in [0.15, 0.2) is 0 Å². The van der Waals surface area contributed by atoms with E-state index in [0.717, 1.165) is 12.8 Å². The van der Waals surface area contributed by atoms with Crippen LogP contribution in [0.2, 0.25) is 0 Å². The number of rotatable bonds is 9. The standard InChI is InChI=1S/C11H25NO3/c1-4-5-6-15-8-10(13)7-12-9-11(2,3)14/h10,12-14H,4-9H2,1-3H3. The first-order valence-electron chi connectivity index (χ1n) is 5.64. The average molecular weight is 219 g/mol. The zero-order valence-corrected chi connectivity index (χ0v) is 10.1. The lowest BCUT2D eigenvalue weighted by molar-refractivity contribution is 0.0294. The monoisotopic (exact) mass is 219 g/mol. The summed E-state index contributed by atoms with van der Waals surface area (Å²) in [7, 11) is 0. The predicted octanol–water partition coefficient (Wildman–Crippen LogP) is 0.524. The van der Waals surface area contributed by atoms with Crippen molar-refractivity contribution in [2.45, 2.75) is 45.3 Å². The van der Waals surface area contributed by atoms with Crippen molar-refractivity contribution in [3.05, 3.63) is 0 Å². The van der Waals surface area contributed by atoms with E-state index in [-0.39, 0.29) is 0 Å². The molecule has 1 unspecified atom stereocenters. The molecule has 0 heterocycles. The van der Waals surface area contributed by atoms with E-state index in [0.29, 0.717) is 26.3 Å². The molecule has 0 aliphatic heterocycles. The Hall–Kier alpha value is -0.160. The summed E-state index contributed by atoms with van der Waals surface area (Å²) in [5, 5.41) is 21.9. The molecule has 4 heteroatoms. The van der Waals surface area contributed by atoms with Gasteiger partial charge in [-0.15, -0.1) is 0 Å². The van der Waals surface area contributed by atoms with Gasteiger partial charge in [0.1, 0.15) is 0 Å². The normalized spacial score (nSPS) is 14.2. The number of ether oxygens (including phenoxy) is 1. The van der Waals surface area contributed by atoms with Gasteiger partial charge in [0.15, 0.2) is 0 Å². The maximum atomic E-state index is 9.48. The van der Waals surface area contributed by atoms with E-state index >= 15 is 0 Å². The first-order chi connectivity index (χ1) is 6.95. The number of hydrogen-bond donors (Lipinski definition) is 3. The largest absolute Gasteiger partial charge is 0.389 e. The molecular weight excluding hydrogens is 194 g/mol. The van der Waals surface area contributed by atoms with Crippen LogP contribution in [-0.4, -0.2) is 48.2 Å². The summed E-state index contributed by atoms with van der Waals surface area (Å²) in [5.41, 5.74) is -0.733. The van der Waals surface area contributed by atoms with E-state index in [1.54, 1.807) is 13.8 Å². The molecule has 0 rings (SSSR count). The molecule has 4 nitrogen and oxygen atoms in total. The maximum absolute atomic E-state index is 9.48. The molecule has 0 radical (unpaired) electrons. The SMILES string of the molecule is CCCCOCC(O)CNCC(C)(C)O. The summed E-state index contributed by atoms with van der Waals surface area (Å²) in [5.74, 6) is 0. The Morgan fingerprint density at radius 2 is 2.07 bits per heavy atom. The van der Waals surface area contributed by atoms with Gasteiger partial charge in [0.25, 0.3) is 0 Å². The molecule has 0 saturated heterocycles. The summed E-state index contributed by atoms with van der Waals surface area (Å²) in [6.07, 6.45) is 1.64. The fraction of sp³-hybridized carbons (Fsp3) is 1.00. The minimum atomic E-state index is -0.733. The predicted molar refractivity (Wildman–Crippen MR) is 60.9 cm³/mol. The van der Waals surface area contributed by atoms with Crippen LogP contribution in [0.25, 0.3) is 0 Å². The average Bonchev–Trinajstić information content (AvgIpc) is 2.10. The lowest BCUT2D eigenvalue weighted by atomic mass is 10.1. The van der Waals surface area contributed by atoms with Crippen molar-refractivity contribution in [3.63, 3.8) is 0 Å². The van der Waals surface area contributed by atoms with Crippen LogP contribution in [0.3, 0.4) is 0 Å². The lowest BCUT2D eigenvalue weighted by Gasteiger charge is -2.19. The van der Waals surface area contributed by atoms with Gasteiger partial charge in [-0.25, -0.2) is 0 Å².